The third-order valence-corrected chi connectivity index (χ3v) is 3.10. The van der Waals surface area contributed by atoms with Gasteiger partial charge < -0.3 is 10.1 Å². The Balaban J connectivity index is 2.25. The van der Waals surface area contributed by atoms with Gasteiger partial charge in [0, 0.05) is 24.6 Å². The molecule has 0 aliphatic rings. The molecule has 1 aromatic carbocycles. The van der Waals surface area contributed by atoms with E-state index in [-0.39, 0.29) is 11.7 Å². The molecule has 0 radical (unpaired) electrons. The number of nitro benzene ring substituents is 1. The highest BCUT2D eigenvalue weighted by atomic mass is 16.6. The normalized spacial score (nSPS) is 12.3. The fraction of sp³-hybridized carbons (Fsp3) is 0.357. The minimum atomic E-state index is -0.405. The van der Waals surface area contributed by atoms with Crippen molar-refractivity contribution in [3.63, 3.8) is 0 Å². The molecule has 0 aliphatic carbocycles. The van der Waals surface area contributed by atoms with Crippen LogP contribution in [0.4, 0.5) is 11.5 Å². The van der Waals surface area contributed by atoms with Crippen molar-refractivity contribution in [1.82, 2.24) is 4.98 Å². The van der Waals surface area contributed by atoms with Gasteiger partial charge in [0.15, 0.2) is 0 Å². The Hall–Kier alpha value is -2.21. The number of hydrogen-bond acceptors (Lipinski definition) is 5. The molecule has 6 heteroatoms. The van der Waals surface area contributed by atoms with Crippen LogP contribution >= 0.6 is 0 Å². The van der Waals surface area contributed by atoms with Crippen LogP contribution in [0.15, 0.2) is 30.3 Å². The second-order valence-corrected chi connectivity index (χ2v) is 4.54. The molecular weight excluding hydrogens is 258 g/mol. The van der Waals surface area contributed by atoms with Crippen molar-refractivity contribution < 1.29 is 9.66 Å². The van der Waals surface area contributed by atoms with E-state index >= 15 is 0 Å². The van der Waals surface area contributed by atoms with Crippen molar-refractivity contribution in [2.75, 3.05) is 19.0 Å². The van der Waals surface area contributed by atoms with Gasteiger partial charge in [-0.3, -0.25) is 10.1 Å². The van der Waals surface area contributed by atoms with Crippen molar-refractivity contribution in [3.8, 4) is 0 Å². The number of anilines is 1. The maximum absolute atomic E-state index is 10.7. The minimum Gasteiger partial charge on any atom is -0.383 e. The average Bonchev–Trinajstić information content (AvgIpc) is 2.46. The number of nitro groups is 1. The summed E-state index contributed by atoms with van der Waals surface area (Å²) < 4.78 is 5.13. The number of fused-ring (bicyclic) bond motifs is 1. The van der Waals surface area contributed by atoms with E-state index in [9.17, 15) is 10.1 Å². The van der Waals surface area contributed by atoms with Gasteiger partial charge in [0.1, 0.15) is 5.82 Å². The van der Waals surface area contributed by atoms with Crippen LogP contribution in [0.3, 0.4) is 0 Å². The van der Waals surface area contributed by atoms with Gasteiger partial charge in [-0.1, -0.05) is 6.92 Å². The lowest BCUT2D eigenvalue weighted by Gasteiger charge is -2.16. The summed E-state index contributed by atoms with van der Waals surface area (Å²) in [4.78, 5) is 14.8. The number of rotatable bonds is 6. The third kappa shape index (κ3) is 3.21. The maximum Gasteiger partial charge on any atom is 0.270 e. The molecular formula is C14H17N3O3. The number of methoxy groups -OCH3 is 1. The summed E-state index contributed by atoms with van der Waals surface area (Å²) in [6.45, 7) is 2.68. The summed E-state index contributed by atoms with van der Waals surface area (Å²) in [5.74, 6) is 0.746. The number of pyridine rings is 1. The predicted molar refractivity (Wildman–Crippen MR) is 78.0 cm³/mol. The molecule has 0 spiro atoms. The molecule has 2 aromatic rings. The molecule has 20 heavy (non-hydrogen) atoms. The molecule has 0 fully saturated rings. The lowest BCUT2D eigenvalue weighted by molar-refractivity contribution is -0.384. The number of nitrogens with one attached hydrogen (secondary N) is 1. The second-order valence-electron chi connectivity index (χ2n) is 4.54. The van der Waals surface area contributed by atoms with Gasteiger partial charge in [-0.25, -0.2) is 4.98 Å². The minimum absolute atomic E-state index is 0.0748. The van der Waals surface area contributed by atoms with Gasteiger partial charge >= 0.3 is 0 Å². The van der Waals surface area contributed by atoms with Crippen LogP contribution in [0.2, 0.25) is 0 Å². The standard InChI is InChI=1S/C14H17N3O3/c1-3-11(9-20-2)15-14-7-4-10-8-12(17(18)19)5-6-13(10)16-14/h4-8,11H,3,9H2,1-2H3,(H,15,16). The first-order chi connectivity index (χ1) is 9.63. The predicted octanol–water partition coefficient (Wildman–Crippen LogP) is 2.98. The van der Waals surface area contributed by atoms with E-state index in [4.69, 9.17) is 4.74 Å². The summed E-state index contributed by atoms with van der Waals surface area (Å²) in [7, 11) is 1.66. The van der Waals surface area contributed by atoms with E-state index in [1.165, 1.54) is 12.1 Å². The van der Waals surface area contributed by atoms with Gasteiger partial charge in [-0.15, -0.1) is 0 Å². The van der Waals surface area contributed by atoms with Crippen LogP contribution in [0.25, 0.3) is 10.9 Å². The number of ether oxygens (including phenoxy) is 1. The second kappa shape index (κ2) is 6.29. The van der Waals surface area contributed by atoms with Crippen LogP contribution in [-0.4, -0.2) is 29.7 Å². The molecule has 1 unspecified atom stereocenters. The average molecular weight is 275 g/mol. The lowest BCUT2D eigenvalue weighted by Crippen LogP contribution is -2.24. The molecule has 2 rings (SSSR count). The first kappa shape index (κ1) is 14.2. The van der Waals surface area contributed by atoms with Gasteiger partial charge in [0.05, 0.1) is 23.1 Å². The van der Waals surface area contributed by atoms with Gasteiger partial charge in [0.2, 0.25) is 0 Å². The van der Waals surface area contributed by atoms with E-state index in [1.807, 2.05) is 12.1 Å². The molecule has 0 bridgehead atoms. The SMILES string of the molecule is CCC(COC)Nc1ccc2cc([N+](=O)[O-])ccc2n1. The first-order valence-electron chi connectivity index (χ1n) is 6.44. The zero-order chi connectivity index (χ0) is 14.5. The van der Waals surface area contributed by atoms with Crippen LogP contribution in [0.1, 0.15) is 13.3 Å². The molecule has 0 amide bonds. The Bertz CT molecular complexity index is 616. The highest BCUT2D eigenvalue weighted by Crippen LogP contribution is 2.21. The van der Waals surface area contributed by atoms with Crippen molar-refractivity contribution in [2.45, 2.75) is 19.4 Å². The van der Waals surface area contributed by atoms with Gasteiger partial charge in [0.25, 0.3) is 5.69 Å². The Morgan fingerprint density at radius 1 is 1.40 bits per heavy atom. The molecule has 0 saturated heterocycles. The van der Waals surface area contributed by atoms with Crippen molar-refractivity contribution in [1.29, 1.82) is 0 Å². The Labute approximate surface area is 116 Å². The number of hydrogen-bond donors (Lipinski definition) is 1. The smallest absolute Gasteiger partial charge is 0.270 e. The quantitative estimate of drug-likeness (QED) is 0.647. The monoisotopic (exact) mass is 275 g/mol. The summed E-state index contributed by atoms with van der Waals surface area (Å²) in [5, 5.41) is 14.8. The number of aromatic nitrogens is 1. The lowest BCUT2D eigenvalue weighted by atomic mass is 10.2. The van der Waals surface area contributed by atoms with Crippen molar-refractivity contribution in [2.24, 2.45) is 0 Å². The zero-order valence-corrected chi connectivity index (χ0v) is 11.5. The highest BCUT2D eigenvalue weighted by Gasteiger charge is 2.09. The molecule has 106 valence electrons. The van der Waals surface area contributed by atoms with E-state index in [0.717, 1.165) is 23.1 Å². The van der Waals surface area contributed by atoms with Crippen LogP contribution in [-0.2, 0) is 4.74 Å². The molecule has 1 heterocycles. The maximum atomic E-state index is 10.7. The molecule has 1 N–H and O–H groups in total. The first-order valence-corrected chi connectivity index (χ1v) is 6.44. The fourth-order valence-corrected chi connectivity index (χ4v) is 1.98. The largest absolute Gasteiger partial charge is 0.383 e. The van der Waals surface area contributed by atoms with Gasteiger partial charge in [-0.2, -0.15) is 0 Å². The van der Waals surface area contributed by atoms with E-state index in [0.29, 0.717) is 6.61 Å². The summed E-state index contributed by atoms with van der Waals surface area (Å²) >= 11 is 0. The molecule has 0 aliphatic heterocycles. The van der Waals surface area contributed by atoms with Crippen molar-refractivity contribution in [3.05, 3.63) is 40.4 Å². The topological polar surface area (TPSA) is 77.3 Å². The van der Waals surface area contributed by atoms with E-state index in [2.05, 4.69) is 17.2 Å². The molecule has 6 nitrogen and oxygen atoms in total. The summed E-state index contributed by atoms with van der Waals surface area (Å²) in [6.07, 6.45) is 0.924. The number of non-ortho nitro benzene ring substituents is 1. The Morgan fingerprint density at radius 3 is 2.85 bits per heavy atom. The van der Waals surface area contributed by atoms with Gasteiger partial charge in [-0.05, 0) is 24.6 Å². The van der Waals surface area contributed by atoms with E-state index in [1.54, 1.807) is 13.2 Å². The summed E-state index contributed by atoms with van der Waals surface area (Å²) in [6, 6.07) is 8.50. The van der Waals surface area contributed by atoms with Crippen LogP contribution in [0.5, 0.6) is 0 Å². The number of nitrogens with zero attached hydrogens (tertiary/aromatic N) is 2. The van der Waals surface area contributed by atoms with Crippen LogP contribution < -0.4 is 5.32 Å². The molecule has 0 saturated carbocycles. The molecule has 1 atom stereocenters. The van der Waals surface area contributed by atoms with E-state index < -0.39 is 4.92 Å². The summed E-state index contributed by atoms with van der Waals surface area (Å²) in [5.41, 5.74) is 0.804. The van der Waals surface area contributed by atoms with Crippen LogP contribution in [0, 0.1) is 10.1 Å². The zero-order valence-electron chi connectivity index (χ0n) is 11.5. The fourth-order valence-electron chi connectivity index (χ4n) is 1.98. The Morgan fingerprint density at radius 2 is 2.20 bits per heavy atom. The van der Waals surface area contributed by atoms with Crippen molar-refractivity contribution >= 4 is 22.4 Å². The molecule has 1 aromatic heterocycles. The third-order valence-electron chi connectivity index (χ3n) is 3.10. The number of benzene rings is 1. The highest BCUT2D eigenvalue weighted by molar-refractivity contribution is 5.82. The Kier molecular flexibility index (Phi) is 4.47.